The fraction of sp³-hybridized carbons (Fsp3) is 0.192. The summed E-state index contributed by atoms with van der Waals surface area (Å²) in [5.74, 6) is 0.566. The lowest BCUT2D eigenvalue weighted by atomic mass is 10.1. The highest BCUT2D eigenvalue weighted by atomic mass is 35.5. The van der Waals surface area contributed by atoms with Gasteiger partial charge >= 0.3 is 0 Å². The first-order chi connectivity index (χ1) is 16.0. The molecule has 4 aromatic heterocycles. The fourth-order valence-electron chi connectivity index (χ4n) is 4.41. The molecule has 0 atom stereocenters. The summed E-state index contributed by atoms with van der Waals surface area (Å²) in [6.07, 6.45) is 7.66. The Morgan fingerprint density at radius 3 is 2.79 bits per heavy atom. The first-order valence-corrected chi connectivity index (χ1v) is 11.2. The van der Waals surface area contributed by atoms with E-state index in [0.29, 0.717) is 10.8 Å². The van der Waals surface area contributed by atoms with Gasteiger partial charge in [-0.25, -0.2) is 4.98 Å². The van der Waals surface area contributed by atoms with Crippen LogP contribution in [0, 0.1) is 13.8 Å². The molecule has 0 saturated carbocycles. The van der Waals surface area contributed by atoms with Crippen molar-refractivity contribution in [2.24, 2.45) is 0 Å². The van der Waals surface area contributed by atoms with Gasteiger partial charge in [0.25, 0.3) is 0 Å². The minimum Gasteiger partial charge on any atom is -0.384 e. The van der Waals surface area contributed by atoms with Crippen molar-refractivity contribution in [3.8, 4) is 0 Å². The van der Waals surface area contributed by atoms with Gasteiger partial charge in [-0.05, 0) is 66.4 Å². The molecule has 5 aromatic rings. The molecule has 33 heavy (non-hydrogen) atoms. The van der Waals surface area contributed by atoms with Crippen LogP contribution in [0.1, 0.15) is 27.9 Å². The maximum absolute atomic E-state index is 6.14. The molecule has 0 aliphatic rings. The fourth-order valence-corrected chi connectivity index (χ4v) is 4.58. The average molecular weight is 457 g/mol. The van der Waals surface area contributed by atoms with E-state index in [1.54, 1.807) is 6.20 Å². The zero-order chi connectivity index (χ0) is 22.9. The van der Waals surface area contributed by atoms with Gasteiger partial charge in [0.15, 0.2) is 0 Å². The highest BCUT2D eigenvalue weighted by molar-refractivity contribution is 6.31. The van der Waals surface area contributed by atoms with Crippen LogP contribution in [0.3, 0.4) is 0 Å². The maximum Gasteiger partial charge on any atom is 0.123 e. The minimum absolute atomic E-state index is 0.566. The Hall–Kier alpha value is -3.48. The van der Waals surface area contributed by atoms with Crippen LogP contribution in [0.4, 0.5) is 5.82 Å². The van der Waals surface area contributed by atoms with E-state index in [1.807, 2.05) is 37.5 Å². The summed E-state index contributed by atoms with van der Waals surface area (Å²) in [5.41, 5.74) is 13.7. The molecule has 0 aliphatic carbocycles. The first-order valence-electron chi connectivity index (χ1n) is 10.9. The summed E-state index contributed by atoms with van der Waals surface area (Å²) < 4.78 is 2.25. The number of hydrogen-bond acceptors (Lipinski definition) is 5. The van der Waals surface area contributed by atoms with E-state index in [4.69, 9.17) is 17.3 Å². The van der Waals surface area contributed by atoms with Gasteiger partial charge in [0.2, 0.25) is 0 Å². The zero-order valence-electron chi connectivity index (χ0n) is 18.6. The molecule has 4 heterocycles. The van der Waals surface area contributed by atoms with E-state index in [-0.39, 0.29) is 0 Å². The van der Waals surface area contributed by atoms with E-state index >= 15 is 0 Å². The largest absolute Gasteiger partial charge is 0.384 e. The second-order valence-corrected chi connectivity index (χ2v) is 8.82. The zero-order valence-corrected chi connectivity index (χ0v) is 19.4. The van der Waals surface area contributed by atoms with Crippen LogP contribution in [0.15, 0.2) is 61.2 Å². The molecule has 7 heteroatoms. The van der Waals surface area contributed by atoms with E-state index in [9.17, 15) is 0 Å². The summed E-state index contributed by atoms with van der Waals surface area (Å²) in [4.78, 5) is 13.2. The van der Waals surface area contributed by atoms with Crippen LogP contribution in [-0.2, 0) is 19.6 Å². The number of rotatable bonds is 6. The SMILES string of the molecule is Cc1cc(N)nc(C)c1CNCc1cn(Cc2ccc3ncc(Cl)cc3c2)c2cnccc12. The van der Waals surface area contributed by atoms with Crippen molar-refractivity contribution in [1.82, 2.24) is 24.8 Å². The second kappa shape index (κ2) is 8.81. The third-order valence-electron chi connectivity index (χ3n) is 6.02. The number of nitrogens with two attached hydrogens (primary N) is 1. The third kappa shape index (κ3) is 4.40. The van der Waals surface area contributed by atoms with E-state index in [2.05, 4.69) is 56.2 Å². The highest BCUT2D eigenvalue weighted by Crippen LogP contribution is 2.24. The molecule has 3 N–H and O–H groups in total. The van der Waals surface area contributed by atoms with Crippen molar-refractivity contribution in [1.29, 1.82) is 0 Å². The molecule has 0 aliphatic heterocycles. The minimum atomic E-state index is 0.566. The molecule has 0 bridgehead atoms. The number of anilines is 1. The molecule has 0 amide bonds. The van der Waals surface area contributed by atoms with E-state index < -0.39 is 0 Å². The molecule has 0 radical (unpaired) electrons. The number of benzene rings is 1. The van der Waals surface area contributed by atoms with Gasteiger partial charge < -0.3 is 15.6 Å². The molecule has 0 unspecified atom stereocenters. The van der Waals surface area contributed by atoms with Crippen LogP contribution in [0.2, 0.25) is 5.02 Å². The van der Waals surface area contributed by atoms with Crippen LogP contribution in [-0.4, -0.2) is 19.5 Å². The molecule has 166 valence electrons. The van der Waals surface area contributed by atoms with Gasteiger partial charge in [-0.3, -0.25) is 9.97 Å². The lowest BCUT2D eigenvalue weighted by Crippen LogP contribution is -2.15. The number of aromatic nitrogens is 4. The van der Waals surface area contributed by atoms with Gasteiger partial charge in [0.1, 0.15) is 5.82 Å². The number of pyridine rings is 3. The van der Waals surface area contributed by atoms with Crippen molar-refractivity contribution < 1.29 is 0 Å². The first kappa shape index (κ1) is 21.4. The second-order valence-electron chi connectivity index (χ2n) is 8.39. The lowest BCUT2D eigenvalue weighted by Gasteiger charge is -2.11. The van der Waals surface area contributed by atoms with Crippen LogP contribution >= 0.6 is 11.6 Å². The Kier molecular flexibility index (Phi) is 5.70. The molecule has 6 nitrogen and oxygen atoms in total. The summed E-state index contributed by atoms with van der Waals surface area (Å²) in [5, 5.41) is 6.47. The maximum atomic E-state index is 6.14. The van der Waals surface area contributed by atoms with Gasteiger partial charge in [-0.15, -0.1) is 0 Å². The standard InChI is InChI=1S/C26H25ClN6/c1-16-7-26(28)32-17(2)23(16)12-30-10-20-15-33(25-13-29-6-5-22(20)25)14-18-3-4-24-19(8-18)9-21(27)11-31-24/h3-9,11,13,15,30H,10,12,14H2,1-2H3,(H2,28,32). The lowest BCUT2D eigenvalue weighted by molar-refractivity contribution is 0.684. The van der Waals surface area contributed by atoms with Gasteiger partial charge in [-0.1, -0.05) is 17.7 Å². The Labute approximate surface area is 197 Å². The van der Waals surface area contributed by atoms with Gasteiger partial charge in [-0.2, -0.15) is 0 Å². The van der Waals surface area contributed by atoms with Crippen molar-refractivity contribution in [3.63, 3.8) is 0 Å². The third-order valence-corrected chi connectivity index (χ3v) is 6.23. The van der Waals surface area contributed by atoms with Gasteiger partial charge in [0, 0.05) is 54.7 Å². The average Bonchev–Trinajstić information content (AvgIpc) is 3.12. The quantitative estimate of drug-likeness (QED) is 0.368. The Morgan fingerprint density at radius 1 is 1.06 bits per heavy atom. The number of nitrogens with one attached hydrogen (secondary N) is 1. The summed E-state index contributed by atoms with van der Waals surface area (Å²) >= 11 is 6.14. The molecule has 0 saturated heterocycles. The molecule has 0 fully saturated rings. The topological polar surface area (TPSA) is 81.6 Å². The molecule has 5 rings (SSSR count). The Morgan fingerprint density at radius 2 is 1.94 bits per heavy atom. The summed E-state index contributed by atoms with van der Waals surface area (Å²) in [6.45, 7) is 6.30. The number of hydrogen-bond donors (Lipinski definition) is 2. The highest BCUT2D eigenvalue weighted by Gasteiger charge is 2.11. The van der Waals surface area contributed by atoms with Crippen molar-refractivity contribution in [2.45, 2.75) is 33.5 Å². The predicted octanol–water partition coefficient (Wildman–Crippen LogP) is 5.17. The Balaban J connectivity index is 1.39. The van der Waals surface area contributed by atoms with Crippen molar-refractivity contribution >= 4 is 39.2 Å². The van der Waals surface area contributed by atoms with E-state index in [1.165, 1.54) is 22.1 Å². The van der Waals surface area contributed by atoms with Crippen molar-refractivity contribution in [2.75, 3.05) is 5.73 Å². The summed E-state index contributed by atoms with van der Waals surface area (Å²) in [7, 11) is 0. The number of aryl methyl sites for hydroxylation is 2. The van der Waals surface area contributed by atoms with Crippen molar-refractivity contribution in [3.05, 3.63) is 94.2 Å². The molecule has 0 spiro atoms. The Bertz CT molecular complexity index is 1450. The predicted molar refractivity (Wildman–Crippen MR) is 134 cm³/mol. The monoisotopic (exact) mass is 456 g/mol. The van der Waals surface area contributed by atoms with Crippen LogP contribution in [0.5, 0.6) is 0 Å². The molecular weight excluding hydrogens is 432 g/mol. The summed E-state index contributed by atoms with van der Waals surface area (Å²) in [6, 6.07) is 12.3. The number of nitrogens with zero attached hydrogens (tertiary/aromatic N) is 4. The smallest absolute Gasteiger partial charge is 0.123 e. The number of fused-ring (bicyclic) bond motifs is 2. The van der Waals surface area contributed by atoms with Gasteiger partial charge in [0.05, 0.1) is 22.3 Å². The molecule has 1 aromatic carbocycles. The van der Waals surface area contributed by atoms with E-state index in [0.717, 1.165) is 47.3 Å². The number of nitrogen functional groups attached to an aromatic ring is 1. The molecular formula is C26H25ClN6. The normalized spacial score (nSPS) is 11.5. The number of halogens is 1. The van der Waals surface area contributed by atoms with Crippen LogP contribution < -0.4 is 11.1 Å². The van der Waals surface area contributed by atoms with Crippen LogP contribution in [0.25, 0.3) is 21.8 Å².